The van der Waals surface area contributed by atoms with E-state index in [0.29, 0.717) is 34.9 Å². The van der Waals surface area contributed by atoms with Crippen molar-refractivity contribution in [2.75, 3.05) is 0 Å². The van der Waals surface area contributed by atoms with Crippen molar-refractivity contribution in [3.8, 4) is 22.8 Å². The van der Waals surface area contributed by atoms with E-state index in [4.69, 9.17) is 0 Å². The number of rotatable bonds is 5. The van der Waals surface area contributed by atoms with Gasteiger partial charge in [0.1, 0.15) is 17.4 Å². The second-order valence-corrected chi connectivity index (χ2v) is 8.80. The molecule has 0 spiro atoms. The van der Waals surface area contributed by atoms with Crippen LogP contribution >= 0.6 is 12.6 Å². The molecule has 34 heavy (non-hydrogen) atoms. The van der Waals surface area contributed by atoms with Gasteiger partial charge in [-0.15, -0.1) is 22.8 Å². The van der Waals surface area contributed by atoms with Crippen LogP contribution in [0.4, 0.5) is 8.78 Å². The minimum absolute atomic E-state index is 0.0702. The molecule has 1 N–H and O–H groups in total. The monoisotopic (exact) mass is 476 g/mol. The number of benzene rings is 3. The molecule has 0 aliphatic rings. The van der Waals surface area contributed by atoms with Crippen molar-refractivity contribution in [3.05, 3.63) is 89.1 Å². The summed E-state index contributed by atoms with van der Waals surface area (Å²) >= 11 is 4.50. The van der Waals surface area contributed by atoms with Gasteiger partial charge in [0.05, 0.1) is 11.3 Å². The Bertz CT molecular complexity index is 1520. The van der Waals surface area contributed by atoms with Crippen molar-refractivity contribution in [3.63, 3.8) is 0 Å². The van der Waals surface area contributed by atoms with Crippen molar-refractivity contribution >= 4 is 23.5 Å². The number of nitrogens with zero attached hydrogens (tertiary/aromatic N) is 4. The number of aromatic hydroxyl groups is 1. The molecule has 0 aliphatic carbocycles. The molecule has 2 heterocycles. The Morgan fingerprint density at radius 3 is 2.47 bits per heavy atom. The molecule has 0 saturated carbocycles. The van der Waals surface area contributed by atoms with Gasteiger partial charge < -0.3 is 9.67 Å². The van der Waals surface area contributed by atoms with Gasteiger partial charge in [-0.05, 0) is 85.0 Å². The van der Waals surface area contributed by atoms with Gasteiger partial charge in [0.2, 0.25) is 0 Å². The lowest BCUT2D eigenvalue weighted by atomic mass is 9.97. The zero-order chi connectivity index (χ0) is 24.0. The van der Waals surface area contributed by atoms with E-state index in [1.54, 1.807) is 10.6 Å². The van der Waals surface area contributed by atoms with Crippen LogP contribution in [0.2, 0.25) is 0 Å². The highest BCUT2D eigenvalue weighted by atomic mass is 32.1. The Hall–Kier alpha value is -3.65. The van der Waals surface area contributed by atoms with Crippen LogP contribution in [0.1, 0.15) is 16.7 Å². The van der Waals surface area contributed by atoms with Crippen LogP contribution in [0.15, 0.2) is 66.0 Å². The van der Waals surface area contributed by atoms with E-state index in [1.807, 2.05) is 55.1 Å². The van der Waals surface area contributed by atoms with Gasteiger partial charge >= 0.3 is 0 Å². The van der Waals surface area contributed by atoms with Crippen LogP contribution in [0.5, 0.6) is 5.75 Å². The maximum Gasteiger partial charge on any atom is 0.193 e. The largest absolute Gasteiger partial charge is 0.507 e. The van der Waals surface area contributed by atoms with Crippen LogP contribution < -0.4 is 0 Å². The Morgan fingerprint density at radius 1 is 0.941 bits per heavy atom. The molecule has 0 saturated heterocycles. The summed E-state index contributed by atoms with van der Waals surface area (Å²) in [4.78, 5) is 0. The summed E-state index contributed by atoms with van der Waals surface area (Å²) in [5, 5.41) is 20.7. The zero-order valence-electron chi connectivity index (χ0n) is 18.6. The molecule has 0 amide bonds. The highest BCUT2D eigenvalue weighted by Gasteiger charge is 2.19. The normalized spacial score (nSPS) is 11.4. The first-order valence-electron chi connectivity index (χ1n) is 10.8. The third-order valence-corrected chi connectivity index (χ3v) is 6.36. The maximum atomic E-state index is 13.6. The fraction of sp³-hybridized carbons (Fsp3) is 0.154. The molecular formula is C26H22F2N4OS. The van der Waals surface area contributed by atoms with Crippen molar-refractivity contribution in [1.29, 1.82) is 0 Å². The van der Waals surface area contributed by atoms with Gasteiger partial charge in [-0.1, -0.05) is 0 Å². The summed E-state index contributed by atoms with van der Waals surface area (Å²) < 4.78 is 31.0. The Kier molecular flexibility index (Phi) is 5.61. The van der Waals surface area contributed by atoms with Crippen LogP contribution in [-0.2, 0) is 19.9 Å². The molecule has 0 fully saturated rings. The third kappa shape index (κ3) is 4.05. The maximum absolute atomic E-state index is 13.6. The topological polar surface area (TPSA) is 55.9 Å². The standard InChI is InChI=1S/C26H22F2N4OS/c1-15-9-24(33)22(13-17(15)4-3-16-10-19(27)14-20(28)11-16)25-29-30-26(34)32(25)21-5-6-23-18(12-21)7-8-31(23)2/h5-14,33H,3-4H2,1-2H3,(H,30,34). The number of thiol groups is 1. The minimum atomic E-state index is -0.595. The lowest BCUT2D eigenvalue weighted by Crippen LogP contribution is -2.01. The highest BCUT2D eigenvalue weighted by Crippen LogP contribution is 2.34. The Morgan fingerprint density at radius 2 is 1.71 bits per heavy atom. The molecule has 0 radical (unpaired) electrons. The molecule has 2 aromatic heterocycles. The average Bonchev–Trinajstić information content (AvgIpc) is 3.34. The van der Waals surface area contributed by atoms with E-state index < -0.39 is 11.6 Å². The molecule has 5 nitrogen and oxygen atoms in total. The first kappa shape index (κ1) is 22.2. The number of phenolic OH excluding ortho intramolecular Hbond substituents is 1. The molecule has 172 valence electrons. The number of halogens is 2. The molecular weight excluding hydrogens is 454 g/mol. The van der Waals surface area contributed by atoms with Crippen LogP contribution in [0.25, 0.3) is 28.0 Å². The summed E-state index contributed by atoms with van der Waals surface area (Å²) in [5.41, 5.74) is 4.80. The van der Waals surface area contributed by atoms with E-state index in [-0.39, 0.29) is 5.75 Å². The van der Waals surface area contributed by atoms with Crippen LogP contribution in [0, 0.1) is 18.6 Å². The molecule has 5 rings (SSSR count). The van der Waals surface area contributed by atoms with Gasteiger partial charge in [-0.3, -0.25) is 4.57 Å². The molecule has 8 heteroatoms. The Balaban J connectivity index is 1.54. The lowest BCUT2D eigenvalue weighted by Gasteiger charge is -2.13. The van der Waals surface area contributed by atoms with Crippen molar-refractivity contribution in [1.82, 2.24) is 19.3 Å². The first-order valence-corrected chi connectivity index (χ1v) is 11.2. The summed E-state index contributed by atoms with van der Waals surface area (Å²) in [5.74, 6) is -0.664. The van der Waals surface area contributed by atoms with Gasteiger partial charge in [0.15, 0.2) is 11.0 Å². The van der Waals surface area contributed by atoms with Crippen molar-refractivity contribution in [2.45, 2.75) is 24.9 Å². The van der Waals surface area contributed by atoms with Crippen LogP contribution in [0.3, 0.4) is 0 Å². The number of aromatic nitrogens is 4. The molecule has 0 atom stereocenters. The van der Waals surface area contributed by atoms with Gasteiger partial charge in [0, 0.05) is 30.2 Å². The van der Waals surface area contributed by atoms with Gasteiger partial charge in [-0.2, -0.15) is 0 Å². The predicted octanol–water partition coefficient (Wildman–Crippen LogP) is 5.79. The van der Waals surface area contributed by atoms with Gasteiger partial charge in [-0.25, -0.2) is 8.78 Å². The zero-order valence-corrected chi connectivity index (χ0v) is 19.5. The molecule has 3 aromatic carbocycles. The second kappa shape index (κ2) is 8.61. The summed E-state index contributed by atoms with van der Waals surface area (Å²) in [6.07, 6.45) is 2.99. The number of fused-ring (bicyclic) bond motifs is 1. The molecule has 0 bridgehead atoms. The number of phenols is 1. The van der Waals surface area contributed by atoms with E-state index in [1.165, 1.54) is 12.1 Å². The van der Waals surface area contributed by atoms with Crippen LogP contribution in [-0.4, -0.2) is 24.4 Å². The fourth-order valence-corrected chi connectivity index (χ4v) is 4.57. The quantitative estimate of drug-likeness (QED) is 0.316. The van der Waals surface area contributed by atoms with Gasteiger partial charge in [0.25, 0.3) is 0 Å². The van der Waals surface area contributed by atoms with Crippen molar-refractivity contribution < 1.29 is 13.9 Å². The minimum Gasteiger partial charge on any atom is -0.507 e. The molecule has 0 unspecified atom stereocenters. The highest BCUT2D eigenvalue weighted by molar-refractivity contribution is 7.80. The Labute approximate surface area is 200 Å². The van der Waals surface area contributed by atoms with Crippen molar-refractivity contribution in [2.24, 2.45) is 7.05 Å². The molecule has 5 aromatic rings. The summed E-state index contributed by atoms with van der Waals surface area (Å²) in [6, 6.07) is 15.1. The molecule has 0 aliphatic heterocycles. The number of hydrogen-bond acceptors (Lipinski definition) is 4. The van der Waals surface area contributed by atoms with E-state index in [2.05, 4.69) is 22.8 Å². The number of hydrogen-bond donors (Lipinski definition) is 2. The van der Waals surface area contributed by atoms with E-state index >= 15 is 0 Å². The average molecular weight is 477 g/mol. The summed E-state index contributed by atoms with van der Waals surface area (Å²) in [6.45, 7) is 1.89. The predicted molar refractivity (Wildman–Crippen MR) is 131 cm³/mol. The third-order valence-electron chi connectivity index (χ3n) is 6.07. The smallest absolute Gasteiger partial charge is 0.193 e. The number of aryl methyl sites for hydroxylation is 4. The first-order chi connectivity index (χ1) is 16.3. The fourth-order valence-electron chi connectivity index (χ4n) is 4.32. The van der Waals surface area contributed by atoms with E-state index in [9.17, 15) is 13.9 Å². The lowest BCUT2D eigenvalue weighted by molar-refractivity contribution is 0.476. The van der Waals surface area contributed by atoms with E-state index in [0.717, 1.165) is 33.8 Å². The summed E-state index contributed by atoms with van der Waals surface area (Å²) in [7, 11) is 1.99. The second-order valence-electron chi connectivity index (χ2n) is 8.40. The SMILES string of the molecule is Cc1cc(O)c(-c2nnc(S)n2-c2ccc3c(ccn3C)c2)cc1CCc1cc(F)cc(F)c1.